The number of rotatable bonds is 8. The minimum absolute atomic E-state index is 0.0924. The van der Waals surface area contributed by atoms with Gasteiger partial charge in [-0.3, -0.25) is 4.79 Å². The lowest BCUT2D eigenvalue weighted by Gasteiger charge is -2.17. The molecular formula is C23H22N4O2S2. The minimum atomic E-state index is -0.452. The molecule has 158 valence electrons. The van der Waals surface area contributed by atoms with Crippen molar-refractivity contribution in [1.29, 1.82) is 0 Å². The van der Waals surface area contributed by atoms with E-state index in [4.69, 9.17) is 4.42 Å². The van der Waals surface area contributed by atoms with E-state index >= 15 is 0 Å². The Labute approximate surface area is 189 Å². The molecule has 0 saturated heterocycles. The predicted molar refractivity (Wildman–Crippen MR) is 126 cm³/mol. The van der Waals surface area contributed by atoms with E-state index in [2.05, 4.69) is 20.8 Å². The number of thioether (sulfide) groups is 1. The molecule has 0 fully saturated rings. The molecule has 2 aromatic heterocycles. The van der Waals surface area contributed by atoms with Crippen molar-refractivity contribution >= 4 is 39.8 Å². The van der Waals surface area contributed by atoms with Crippen LogP contribution >= 0.6 is 23.1 Å². The van der Waals surface area contributed by atoms with Crippen molar-refractivity contribution < 1.29 is 9.21 Å². The number of anilines is 2. The Morgan fingerprint density at radius 3 is 2.71 bits per heavy atom. The Morgan fingerprint density at radius 1 is 1.10 bits per heavy atom. The molecule has 0 saturated carbocycles. The lowest BCUT2D eigenvalue weighted by molar-refractivity contribution is -0.115. The quantitative estimate of drug-likeness (QED) is 0.329. The third-order valence-corrected chi connectivity index (χ3v) is 6.83. The van der Waals surface area contributed by atoms with Gasteiger partial charge in [-0.05, 0) is 48.7 Å². The van der Waals surface area contributed by atoms with Gasteiger partial charge in [0.1, 0.15) is 11.0 Å². The number of nitrogens with one attached hydrogen (secondary N) is 2. The first-order valence-corrected chi connectivity index (χ1v) is 11.5. The number of carbonyl (C=O) groups is 1. The van der Waals surface area contributed by atoms with Crippen LogP contribution in [0.5, 0.6) is 0 Å². The van der Waals surface area contributed by atoms with E-state index < -0.39 is 5.25 Å². The topological polar surface area (TPSA) is 80.0 Å². The van der Waals surface area contributed by atoms with Gasteiger partial charge in [0.15, 0.2) is 4.34 Å². The molecule has 0 bridgehead atoms. The highest BCUT2D eigenvalue weighted by atomic mass is 32.2. The molecular weight excluding hydrogens is 428 g/mol. The molecule has 6 nitrogen and oxygen atoms in total. The van der Waals surface area contributed by atoms with Gasteiger partial charge in [0.2, 0.25) is 11.0 Å². The Balaban J connectivity index is 1.50. The van der Waals surface area contributed by atoms with E-state index in [0.29, 0.717) is 16.0 Å². The van der Waals surface area contributed by atoms with Crippen LogP contribution in [-0.4, -0.2) is 16.1 Å². The van der Waals surface area contributed by atoms with Crippen LogP contribution in [0.1, 0.15) is 27.7 Å². The van der Waals surface area contributed by atoms with Crippen molar-refractivity contribution in [2.75, 3.05) is 10.6 Å². The fourth-order valence-corrected chi connectivity index (χ4v) is 4.91. The van der Waals surface area contributed by atoms with Gasteiger partial charge in [-0.1, -0.05) is 65.6 Å². The summed E-state index contributed by atoms with van der Waals surface area (Å²) >= 11 is 2.81. The highest BCUT2D eigenvalue weighted by molar-refractivity contribution is 8.02. The summed E-state index contributed by atoms with van der Waals surface area (Å²) in [7, 11) is 0. The number of aromatic nitrogens is 2. The maximum absolute atomic E-state index is 13.3. The first-order chi connectivity index (χ1) is 15.1. The van der Waals surface area contributed by atoms with Crippen molar-refractivity contribution in [2.45, 2.75) is 30.0 Å². The summed E-state index contributed by atoms with van der Waals surface area (Å²) in [6.07, 6.45) is 1.64. The van der Waals surface area contributed by atoms with E-state index in [9.17, 15) is 4.79 Å². The zero-order valence-corrected chi connectivity index (χ0v) is 18.8. The monoisotopic (exact) mass is 450 g/mol. The molecule has 0 aliphatic rings. The second-order valence-corrected chi connectivity index (χ2v) is 9.35. The molecule has 31 heavy (non-hydrogen) atoms. The van der Waals surface area contributed by atoms with Crippen LogP contribution < -0.4 is 10.6 Å². The minimum Gasteiger partial charge on any atom is -0.467 e. The molecule has 2 heterocycles. The summed E-state index contributed by atoms with van der Waals surface area (Å²) in [5.74, 6) is 0.727. The van der Waals surface area contributed by atoms with Crippen molar-refractivity contribution in [3.8, 4) is 0 Å². The normalized spacial score (nSPS) is 11.8. The summed E-state index contributed by atoms with van der Waals surface area (Å²) in [5.41, 5.74) is 3.86. The van der Waals surface area contributed by atoms with Gasteiger partial charge < -0.3 is 15.1 Å². The fourth-order valence-electron chi connectivity index (χ4n) is 2.98. The van der Waals surface area contributed by atoms with Crippen LogP contribution in [0.25, 0.3) is 0 Å². The number of aryl methyl sites for hydroxylation is 2. The lowest BCUT2D eigenvalue weighted by atomic mass is 10.1. The summed E-state index contributed by atoms with van der Waals surface area (Å²) in [5, 5.41) is 15.0. The lowest BCUT2D eigenvalue weighted by Crippen LogP contribution is -2.19. The molecule has 2 N–H and O–H groups in total. The van der Waals surface area contributed by atoms with E-state index in [1.807, 2.05) is 74.5 Å². The van der Waals surface area contributed by atoms with Crippen molar-refractivity contribution in [3.63, 3.8) is 0 Å². The molecule has 4 rings (SSSR count). The number of hydrogen-bond donors (Lipinski definition) is 2. The molecule has 1 atom stereocenters. The number of furan rings is 1. The number of carbonyl (C=O) groups excluding carboxylic acids is 1. The Bertz CT molecular complexity index is 1140. The zero-order chi connectivity index (χ0) is 21.6. The molecule has 4 aromatic rings. The van der Waals surface area contributed by atoms with E-state index in [-0.39, 0.29) is 5.91 Å². The predicted octanol–water partition coefficient (Wildman–Crippen LogP) is 5.83. The van der Waals surface area contributed by atoms with Crippen molar-refractivity contribution in [3.05, 3.63) is 89.4 Å². The van der Waals surface area contributed by atoms with Gasteiger partial charge >= 0.3 is 0 Å². The molecule has 1 amide bonds. The number of benzene rings is 2. The smallest absolute Gasteiger partial charge is 0.242 e. The molecule has 2 aromatic carbocycles. The fraction of sp³-hybridized carbons (Fsp3) is 0.174. The van der Waals surface area contributed by atoms with Gasteiger partial charge in [-0.2, -0.15) is 0 Å². The third kappa shape index (κ3) is 5.53. The van der Waals surface area contributed by atoms with Crippen LogP contribution in [-0.2, 0) is 11.3 Å². The SMILES string of the molecule is Cc1ccc(C)c(NC(=O)C(Sc2nnc(NCc3ccco3)s2)c2ccccc2)c1. The molecule has 0 aliphatic carbocycles. The first-order valence-electron chi connectivity index (χ1n) is 9.78. The second kappa shape index (κ2) is 9.80. The Morgan fingerprint density at radius 2 is 1.94 bits per heavy atom. The van der Waals surface area contributed by atoms with Crippen LogP contribution in [0.3, 0.4) is 0 Å². The molecule has 8 heteroatoms. The van der Waals surface area contributed by atoms with Crippen LogP contribution in [0, 0.1) is 13.8 Å². The highest BCUT2D eigenvalue weighted by Gasteiger charge is 2.24. The van der Waals surface area contributed by atoms with Crippen LogP contribution in [0.4, 0.5) is 10.8 Å². The number of hydrogen-bond acceptors (Lipinski definition) is 7. The van der Waals surface area contributed by atoms with E-state index in [0.717, 1.165) is 28.1 Å². The average Bonchev–Trinajstić information content (AvgIpc) is 3.45. The second-order valence-electron chi connectivity index (χ2n) is 7.02. The van der Waals surface area contributed by atoms with Crippen molar-refractivity contribution in [2.24, 2.45) is 0 Å². The molecule has 0 radical (unpaired) electrons. The third-order valence-electron chi connectivity index (χ3n) is 4.61. The zero-order valence-electron chi connectivity index (χ0n) is 17.2. The number of amides is 1. The average molecular weight is 451 g/mol. The van der Waals surface area contributed by atoms with Gasteiger partial charge in [-0.25, -0.2) is 0 Å². The first kappa shape index (κ1) is 21.1. The van der Waals surface area contributed by atoms with E-state index in [1.54, 1.807) is 6.26 Å². The Kier molecular flexibility index (Phi) is 6.69. The Hall–Kier alpha value is -3.10. The van der Waals surface area contributed by atoms with Gasteiger partial charge in [0, 0.05) is 5.69 Å². The molecule has 0 spiro atoms. The number of nitrogens with zero attached hydrogens (tertiary/aromatic N) is 2. The summed E-state index contributed by atoms with van der Waals surface area (Å²) < 4.78 is 6.04. The molecule has 0 aliphatic heterocycles. The maximum Gasteiger partial charge on any atom is 0.242 e. The summed E-state index contributed by atoms with van der Waals surface area (Å²) in [6.45, 7) is 4.53. The van der Waals surface area contributed by atoms with Gasteiger partial charge in [0.05, 0.1) is 12.8 Å². The summed E-state index contributed by atoms with van der Waals surface area (Å²) in [6, 6.07) is 19.5. The highest BCUT2D eigenvalue weighted by Crippen LogP contribution is 2.39. The standard InChI is InChI=1S/C23H22N4O2S2/c1-15-10-11-16(2)19(13-15)25-21(28)20(17-7-4-3-5-8-17)30-23-27-26-22(31-23)24-14-18-9-6-12-29-18/h3-13,20H,14H2,1-2H3,(H,24,26)(H,25,28). The maximum atomic E-state index is 13.3. The summed E-state index contributed by atoms with van der Waals surface area (Å²) in [4.78, 5) is 13.3. The molecule has 1 unspecified atom stereocenters. The van der Waals surface area contributed by atoms with Gasteiger partial charge in [0.25, 0.3) is 0 Å². The van der Waals surface area contributed by atoms with Crippen molar-refractivity contribution in [1.82, 2.24) is 10.2 Å². The van der Waals surface area contributed by atoms with Gasteiger partial charge in [-0.15, -0.1) is 10.2 Å². The van der Waals surface area contributed by atoms with Crippen LogP contribution in [0.15, 0.2) is 75.7 Å². The van der Waals surface area contributed by atoms with Crippen LogP contribution in [0.2, 0.25) is 0 Å². The largest absolute Gasteiger partial charge is 0.467 e. The van der Waals surface area contributed by atoms with E-state index in [1.165, 1.54) is 23.1 Å².